The molecule has 242 valence electrons. The van der Waals surface area contributed by atoms with Crippen molar-refractivity contribution < 1.29 is 19.1 Å². The van der Waals surface area contributed by atoms with Crippen LogP contribution >= 0.6 is 11.6 Å². The molecule has 46 heavy (non-hydrogen) atoms. The number of aryl methyl sites for hydroxylation is 1. The normalized spacial score (nSPS) is 21.7. The summed E-state index contributed by atoms with van der Waals surface area (Å²) in [6.45, 7) is 7.46. The highest BCUT2D eigenvalue weighted by atomic mass is 35.5. The van der Waals surface area contributed by atoms with Gasteiger partial charge in [0.1, 0.15) is 11.2 Å². The summed E-state index contributed by atoms with van der Waals surface area (Å²) < 4.78 is 13.8. The van der Waals surface area contributed by atoms with E-state index in [1.165, 1.54) is 0 Å². The number of imidazole rings is 1. The average Bonchev–Trinajstić information content (AvgIpc) is 3.94. The summed E-state index contributed by atoms with van der Waals surface area (Å²) in [6, 6.07) is 9.50. The van der Waals surface area contributed by atoms with Gasteiger partial charge in [-0.05, 0) is 104 Å². The summed E-state index contributed by atoms with van der Waals surface area (Å²) in [4.78, 5) is 37.7. The number of likely N-dealkylation sites (tertiary alicyclic amines) is 1. The molecule has 3 heterocycles. The standard InChI is InChI=1S/C36H42ClN5O4/c1-22(2)36(13-14-36)46-34(44)42-16-9-23(10-17-42)30-26-8-7-25(37)19-27(26)28(18-24-6-5-15-39-31(24)30)32(29-20-38-21-41(29)4)40-33(43)45-35(3)11-12-35/h5-8,15,18-23,30,32H,9-14,16-17H2,1-4H3,(H,40,43). The van der Waals surface area contributed by atoms with Crippen molar-refractivity contribution in [2.75, 3.05) is 13.1 Å². The zero-order chi connectivity index (χ0) is 32.2. The van der Waals surface area contributed by atoms with Crippen LogP contribution in [0.1, 0.15) is 99.3 Å². The first kappa shape index (κ1) is 30.8. The maximum absolute atomic E-state index is 13.3. The van der Waals surface area contributed by atoms with E-state index in [-0.39, 0.29) is 23.5 Å². The SMILES string of the molecule is CC(C)C1(OC(=O)N2CCC(C3c4ccc(Cl)cc4C(C(NC(=O)OC4(C)CC4)c4cncn4C)=Cc4cccnc43)CC2)CC1. The highest BCUT2D eigenvalue weighted by molar-refractivity contribution is 6.30. The number of nitrogens with one attached hydrogen (secondary N) is 1. The number of amides is 2. The van der Waals surface area contributed by atoms with E-state index in [4.69, 9.17) is 26.1 Å². The van der Waals surface area contributed by atoms with Crippen LogP contribution in [0.15, 0.2) is 49.1 Å². The van der Waals surface area contributed by atoms with Gasteiger partial charge in [0, 0.05) is 37.3 Å². The number of alkyl carbamates (subject to hydrolysis) is 1. The number of fused-ring (bicyclic) bond motifs is 2. The van der Waals surface area contributed by atoms with Crippen molar-refractivity contribution >= 4 is 35.4 Å². The fourth-order valence-electron chi connectivity index (χ4n) is 7.15. The van der Waals surface area contributed by atoms with Crippen LogP contribution in [0.25, 0.3) is 11.6 Å². The number of carbonyl (C=O) groups excluding carboxylic acids is 2. The maximum atomic E-state index is 13.3. The number of hydrogen-bond acceptors (Lipinski definition) is 6. The lowest BCUT2D eigenvalue weighted by atomic mass is 9.75. The number of carbonyl (C=O) groups is 2. The Morgan fingerprint density at radius 2 is 1.85 bits per heavy atom. The molecule has 2 atom stereocenters. The maximum Gasteiger partial charge on any atom is 0.410 e. The Hall–Kier alpha value is -3.85. The molecular formula is C36H42ClN5O4. The Labute approximate surface area is 275 Å². The van der Waals surface area contributed by atoms with Crippen LogP contribution in [0.5, 0.6) is 0 Å². The van der Waals surface area contributed by atoms with Gasteiger partial charge in [-0.2, -0.15) is 0 Å². The van der Waals surface area contributed by atoms with Crippen LogP contribution in [0.3, 0.4) is 0 Å². The van der Waals surface area contributed by atoms with Crippen molar-refractivity contribution in [2.45, 2.75) is 82.5 Å². The fourth-order valence-corrected chi connectivity index (χ4v) is 7.32. The van der Waals surface area contributed by atoms with Gasteiger partial charge in [0.2, 0.25) is 0 Å². The zero-order valence-corrected chi connectivity index (χ0v) is 27.7. The van der Waals surface area contributed by atoms with Crippen LogP contribution < -0.4 is 5.32 Å². The van der Waals surface area contributed by atoms with Gasteiger partial charge in [0.15, 0.2) is 0 Å². The van der Waals surface area contributed by atoms with Crippen LogP contribution in [-0.4, -0.2) is 55.9 Å². The number of piperidine rings is 1. The zero-order valence-electron chi connectivity index (χ0n) is 27.0. The lowest BCUT2D eigenvalue weighted by Gasteiger charge is -2.37. The predicted octanol–water partition coefficient (Wildman–Crippen LogP) is 7.51. The summed E-state index contributed by atoms with van der Waals surface area (Å²) in [5.74, 6) is 0.509. The quantitative estimate of drug-likeness (QED) is 0.286. The molecule has 1 aromatic carbocycles. The van der Waals surface area contributed by atoms with Gasteiger partial charge in [-0.15, -0.1) is 0 Å². The molecule has 3 aromatic rings. The molecule has 10 heteroatoms. The summed E-state index contributed by atoms with van der Waals surface area (Å²) in [7, 11) is 1.92. The van der Waals surface area contributed by atoms with E-state index >= 15 is 0 Å². The summed E-state index contributed by atoms with van der Waals surface area (Å²) in [5, 5.41) is 3.79. The molecule has 0 radical (unpaired) electrons. The van der Waals surface area contributed by atoms with E-state index in [1.54, 1.807) is 12.5 Å². The summed E-state index contributed by atoms with van der Waals surface area (Å²) in [5.41, 5.74) is 5.02. The third-order valence-corrected chi connectivity index (χ3v) is 10.7. The van der Waals surface area contributed by atoms with Gasteiger partial charge in [-0.3, -0.25) is 4.98 Å². The van der Waals surface area contributed by atoms with Gasteiger partial charge >= 0.3 is 12.2 Å². The summed E-state index contributed by atoms with van der Waals surface area (Å²) >= 11 is 6.71. The topological polar surface area (TPSA) is 98.6 Å². The molecule has 0 spiro atoms. The number of nitrogens with zero attached hydrogens (tertiary/aromatic N) is 4. The minimum atomic E-state index is -0.557. The van der Waals surface area contributed by atoms with E-state index in [1.807, 2.05) is 47.8 Å². The van der Waals surface area contributed by atoms with Gasteiger partial charge in [-0.25, -0.2) is 14.6 Å². The lowest BCUT2D eigenvalue weighted by Crippen LogP contribution is -2.42. The van der Waals surface area contributed by atoms with Crippen molar-refractivity contribution in [1.29, 1.82) is 0 Å². The van der Waals surface area contributed by atoms with Crippen LogP contribution in [0, 0.1) is 11.8 Å². The number of ether oxygens (including phenoxy) is 2. The molecule has 2 aromatic heterocycles. The lowest BCUT2D eigenvalue weighted by molar-refractivity contribution is 0.0193. The molecule has 1 saturated heterocycles. The smallest absolute Gasteiger partial charge is 0.410 e. The molecule has 1 aliphatic heterocycles. The molecule has 3 aliphatic carbocycles. The van der Waals surface area contributed by atoms with E-state index in [0.29, 0.717) is 24.0 Å². The number of aromatic nitrogens is 3. The number of halogens is 1. The van der Waals surface area contributed by atoms with E-state index in [0.717, 1.165) is 72.2 Å². The Morgan fingerprint density at radius 3 is 2.50 bits per heavy atom. The first-order valence-corrected chi connectivity index (χ1v) is 16.8. The Bertz CT molecular complexity index is 1680. The second kappa shape index (κ2) is 11.7. The van der Waals surface area contributed by atoms with Crippen molar-refractivity contribution in [3.63, 3.8) is 0 Å². The third kappa shape index (κ3) is 5.90. The molecule has 7 rings (SSSR count). The first-order valence-electron chi connectivity index (χ1n) is 16.5. The van der Waals surface area contributed by atoms with Crippen molar-refractivity contribution in [2.24, 2.45) is 18.9 Å². The number of pyridine rings is 1. The highest BCUT2D eigenvalue weighted by Crippen LogP contribution is 2.49. The molecular weight excluding hydrogens is 602 g/mol. The molecule has 3 fully saturated rings. The van der Waals surface area contributed by atoms with E-state index in [9.17, 15) is 9.59 Å². The van der Waals surface area contributed by atoms with Crippen LogP contribution in [0.2, 0.25) is 5.02 Å². The number of benzene rings is 1. The Balaban J connectivity index is 1.23. The second-order valence-corrected chi connectivity index (χ2v) is 14.5. The van der Waals surface area contributed by atoms with Crippen LogP contribution in [-0.2, 0) is 16.5 Å². The second-order valence-electron chi connectivity index (χ2n) is 14.0. The third-order valence-electron chi connectivity index (χ3n) is 10.5. The number of hydrogen-bond donors (Lipinski definition) is 1. The van der Waals surface area contributed by atoms with E-state index < -0.39 is 17.7 Å². The average molecular weight is 644 g/mol. The predicted molar refractivity (Wildman–Crippen MR) is 176 cm³/mol. The van der Waals surface area contributed by atoms with Crippen molar-refractivity contribution in [3.8, 4) is 0 Å². The monoisotopic (exact) mass is 643 g/mol. The van der Waals surface area contributed by atoms with E-state index in [2.05, 4.69) is 42.4 Å². The molecule has 9 nitrogen and oxygen atoms in total. The molecule has 2 unspecified atom stereocenters. The Morgan fingerprint density at radius 1 is 1.09 bits per heavy atom. The molecule has 2 amide bonds. The highest BCUT2D eigenvalue weighted by Gasteiger charge is 2.50. The Kier molecular flexibility index (Phi) is 7.86. The molecule has 4 aliphatic rings. The van der Waals surface area contributed by atoms with Crippen molar-refractivity contribution in [1.82, 2.24) is 24.8 Å². The van der Waals surface area contributed by atoms with Crippen molar-refractivity contribution in [3.05, 3.63) is 82.2 Å². The minimum absolute atomic E-state index is 0.0367. The van der Waals surface area contributed by atoms with Gasteiger partial charge in [-0.1, -0.05) is 37.6 Å². The van der Waals surface area contributed by atoms with Gasteiger partial charge < -0.3 is 24.3 Å². The summed E-state index contributed by atoms with van der Waals surface area (Å²) in [6.07, 6.45) is 12.0. The largest absolute Gasteiger partial charge is 0.443 e. The van der Waals surface area contributed by atoms with Gasteiger partial charge in [0.05, 0.1) is 30.0 Å². The molecule has 0 bridgehead atoms. The molecule has 2 saturated carbocycles. The fraction of sp³-hybridized carbons (Fsp3) is 0.500. The minimum Gasteiger partial charge on any atom is -0.443 e. The first-order chi connectivity index (χ1) is 22.1. The number of rotatable bonds is 7. The van der Waals surface area contributed by atoms with Crippen LogP contribution in [0.4, 0.5) is 9.59 Å². The van der Waals surface area contributed by atoms with Gasteiger partial charge in [0.25, 0.3) is 0 Å². The molecule has 1 N–H and O–H groups in total.